The first-order valence-corrected chi connectivity index (χ1v) is 9.09. The molecule has 0 atom stereocenters. The highest BCUT2D eigenvalue weighted by Crippen LogP contribution is 2.29. The van der Waals surface area contributed by atoms with Gasteiger partial charge in [0.15, 0.2) is 12.4 Å². The van der Waals surface area contributed by atoms with Crippen LogP contribution in [0.5, 0.6) is 5.75 Å². The molecule has 2 aromatic rings. The number of hydrogen-bond acceptors (Lipinski definition) is 6. The van der Waals surface area contributed by atoms with E-state index in [1.165, 1.54) is 18.3 Å². The Morgan fingerprint density at radius 2 is 1.92 bits per heavy atom. The molecule has 0 aliphatic carbocycles. The molecule has 0 unspecified atom stereocenters. The summed E-state index contributed by atoms with van der Waals surface area (Å²) >= 11 is 1.34. The first kappa shape index (κ1) is 19.7. The third-order valence-corrected chi connectivity index (χ3v) is 4.69. The molecule has 6 nitrogen and oxygen atoms in total. The number of amides is 1. The average molecular weight is 375 g/mol. The summed E-state index contributed by atoms with van der Waals surface area (Å²) in [5.74, 6) is -0.509. The lowest BCUT2D eigenvalue weighted by Gasteiger charge is -2.08. The van der Waals surface area contributed by atoms with Crippen molar-refractivity contribution in [1.82, 2.24) is 0 Å². The van der Waals surface area contributed by atoms with Crippen molar-refractivity contribution in [1.29, 1.82) is 0 Å². The predicted octanol–water partition coefficient (Wildman–Crippen LogP) is 3.71. The van der Waals surface area contributed by atoms with Gasteiger partial charge in [-0.05, 0) is 38.5 Å². The number of hydrogen-bond donors (Lipinski definition) is 1. The molecular formula is C19H21NO5S. The number of rotatable bonds is 8. The van der Waals surface area contributed by atoms with Crippen molar-refractivity contribution in [2.24, 2.45) is 0 Å². The molecule has 0 saturated carbocycles. The third kappa shape index (κ3) is 5.16. The minimum atomic E-state index is -0.464. The molecule has 0 fully saturated rings. The summed E-state index contributed by atoms with van der Waals surface area (Å²) in [7, 11) is 0. The summed E-state index contributed by atoms with van der Waals surface area (Å²) in [5, 5.41) is 3.15. The van der Waals surface area contributed by atoms with E-state index in [0.717, 1.165) is 11.3 Å². The Morgan fingerprint density at radius 3 is 2.58 bits per heavy atom. The van der Waals surface area contributed by atoms with Gasteiger partial charge in [-0.2, -0.15) is 0 Å². The summed E-state index contributed by atoms with van der Waals surface area (Å²) < 4.78 is 10.5. The van der Waals surface area contributed by atoms with Crippen molar-refractivity contribution in [2.45, 2.75) is 27.2 Å². The number of ether oxygens (including phenoxy) is 2. The van der Waals surface area contributed by atoms with E-state index in [-0.39, 0.29) is 19.0 Å². The lowest BCUT2D eigenvalue weighted by molar-refractivity contribution is -0.118. The van der Waals surface area contributed by atoms with E-state index in [9.17, 15) is 14.4 Å². The van der Waals surface area contributed by atoms with Crippen molar-refractivity contribution in [3.8, 4) is 5.75 Å². The highest BCUT2D eigenvalue weighted by Gasteiger charge is 2.18. The van der Waals surface area contributed by atoms with Crippen molar-refractivity contribution in [2.75, 3.05) is 18.5 Å². The van der Waals surface area contributed by atoms with Gasteiger partial charge in [-0.3, -0.25) is 9.59 Å². The van der Waals surface area contributed by atoms with E-state index in [1.807, 2.05) is 6.92 Å². The summed E-state index contributed by atoms with van der Waals surface area (Å²) in [5.41, 5.74) is 0.860. The zero-order valence-corrected chi connectivity index (χ0v) is 15.8. The predicted molar refractivity (Wildman–Crippen MR) is 100 cm³/mol. The molecule has 0 spiro atoms. The Labute approximate surface area is 156 Å². The topological polar surface area (TPSA) is 81.7 Å². The van der Waals surface area contributed by atoms with Crippen LogP contribution in [0.15, 0.2) is 30.3 Å². The maximum atomic E-state index is 12.2. The van der Waals surface area contributed by atoms with Crippen LogP contribution in [0, 0.1) is 0 Å². The zero-order chi connectivity index (χ0) is 19.1. The molecule has 0 radical (unpaired) electrons. The number of nitrogens with one attached hydrogen (secondary N) is 1. The third-order valence-electron chi connectivity index (χ3n) is 3.49. The Balaban J connectivity index is 2.03. The number of esters is 1. The smallest absolute Gasteiger partial charge is 0.341 e. The van der Waals surface area contributed by atoms with E-state index in [0.29, 0.717) is 21.9 Å². The quantitative estimate of drug-likeness (QED) is 0.562. The second-order valence-electron chi connectivity index (χ2n) is 5.45. The maximum absolute atomic E-state index is 12.2. The van der Waals surface area contributed by atoms with Crippen LogP contribution in [0.4, 0.5) is 5.00 Å². The molecule has 138 valence electrons. The molecule has 26 heavy (non-hydrogen) atoms. The zero-order valence-electron chi connectivity index (χ0n) is 15.0. The van der Waals surface area contributed by atoms with Gasteiger partial charge in [0.2, 0.25) is 0 Å². The highest BCUT2D eigenvalue weighted by molar-refractivity contribution is 7.16. The molecule has 0 aliphatic rings. The second-order valence-corrected chi connectivity index (χ2v) is 6.59. The fourth-order valence-electron chi connectivity index (χ4n) is 2.19. The highest BCUT2D eigenvalue weighted by atomic mass is 32.1. The van der Waals surface area contributed by atoms with Gasteiger partial charge in [-0.1, -0.05) is 19.1 Å². The largest absolute Gasteiger partial charge is 0.484 e. The first-order chi connectivity index (χ1) is 12.4. The van der Waals surface area contributed by atoms with Crippen LogP contribution >= 0.6 is 11.3 Å². The molecule has 0 saturated heterocycles. The number of Topliss-reactive ketones (excluding diaryl/α,β-unsaturated/α-hetero) is 1. The van der Waals surface area contributed by atoms with Crippen LogP contribution in [-0.4, -0.2) is 30.9 Å². The molecule has 0 bridgehead atoms. The van der Waals surface area contributed by atoms with E-state index in [2.05, 4.69) is 5.32 Å². The Morgan fingerprint density at radius 1 is 1.15 bits per heavy atom. The molecule has 1 heterocycles. The SMILES string of the molecule is CCOC(=O)c1cc(CC)sc1NC(=O)COc1cccc(C(C)=O)c1. The lowest BCUT2D eigenvalue weighted by Crippen LogP contribution is -2.21. The normalized spacial score (nSPS) is 10.3. The number of thiophene rings is 1. The molecule has 1 amide bonds. The number of benzene rings is 1. The molecular weight excluding hydrogens is 354 g/mol. The summed E-state index contributed by atoms with van der Waals surface area (Å²) in [6, 6.07) is 8.36. The monoisotopic (exact) mass is 375 g/mol. The van der Waals surface area contributed by atoms with Crippen LogP contribution in [-0.2, 0) is 16.0 Å². The Hall–Kier alpha value is -2.67. The first-order valence-electron chi connectivity index (χ1n) is 8.28. The van der Waals surface area contributed by atoms with Crippen LogP contribution in [0.25, 0.3) is 0 Å². The molecule has 2 rings (SSSR count). The van der Waals surface area contributed by atoms with Gasteiger partial charge in [0, 0.05) is 10.4 Å². The Bertz CT molecular complexity index is 812. The number of aryl methyl sites for hydroxylation is 1. The van der Waals surface area contributed by atoms with Crippen LogP contribution in [0.2, 0.25) is 0 Å². The number of carbonyl (C=O) groups is 3. The van der Waals surface area contributed by atoms with Gasteiger partial charge in [0.1, 0.15) is 10.8 Å². The standard InChI is InChI=1S/C19H21NO5S/c1-4-15-10-16(19(23)24-5-2)18(26-15)20-17(22)11-25-14-8-6-7-13(9-14)12(3)21/h6-10H,4-5,11H2,1-3H3,(H,20,22). The van der Waals surface area contributed by atoms with Gasteiger partial charge in [-0.25, -0.2) is 4.79 Å². The van der Waals surface area contributed by atoms with E-state index in [1.54, 1.807) is 37.3 Å². The van der Waals surface area contributed by atoms with Gasteiger partial charge < -0.3 is 14.8 Å². The minimum absolute atomic E-state index is 0.0790. The fourth-order valence-corrected chi connectivity index (χ4v) is 3.19. The molecule has 0 aliphatic heterocycles. The lowest BCUT2D eigenvalue weighted by atomic mass is 10.1. The van der Waals surface area contributed by atoms with E-state index < -0.39 is 11.9 Å². The van der Waals surface area contributed by atoms with Crippen molar-refractivity contribution < 1.29 is 23.9 Å². The summed E-state index contributed by atoms with van der Waals surface area (Å²) in [4.78, 5) is 36.6. The summed E-state index contributed by atoms with van der Waals surface area (Å²) in [6.07, 6.45) is 0.751. The Kier molecular flexibility index (Phi) is 6.91. The van der Waals surface area contributed by atoms with Gasteiger partial charge >= 0.3 is 5.97 Å². The number of ketones is 1. The minimum Gasteiger partial charge on any atom is -0.484 e. The fraction of sp³-hybridized carbons (Fsp3) is 0.316. The van der Waals surface area contributed by atoms with Gasteiger partial charge in [0.05, 0.1) is 12.2 Å². The number of carbonyl (C=O) groups excluding carboxylic acids is 3. The maximum Gasteiger partial charge on any atom is 0.341 e. The molecule has 7 heteroatoms. The van der Waals surface area contributed by atoms with Crippen molar-refractivity contribution in [3.05, 3.63) is 46.3 Å². The van der Waals surface area contributed by atoms with Crippen LogP contribution in [0.1, 0.15) is 46.4 Å². The average Bonchev–Trinajstić information content (AvgIpc) is 3.03. The molecule has 1 N–H and O–H groups in total. The number of anilines is 1. The molecule has 1 aromatic carbocycles. The summed E-state index contributed by atoms with van der Waals surface area (Å²) in [6.45, 7) is 5.19. The van der Waals surface area contributed by atoms with E-state index >= 15 is 0 Å². The van der Waals surface area contributed by atoms with Gasteiger partial charge in [0.25, 0.3) is 5.91 Å². The van der Waals surface area contributed by atoms with Gasteiger partial charge in [-0.15, -0.1) is 11.3 Å². The van der Waals surface area contributed by atoms with E-state index in [4.69, 9.17) is 9.47 Å². The van der Waals surface area contributed by atoms with Crippen molar-refractivity contribution >= 4 is 34.0 Å². The van der Waals surface area contributed by atoms with Crippen LogP contribution in [0.3, 0.4) is 0 Å². The second kappa shape index (κ2) is 9.15. The van der Waals surface area contributed by atoms with Crippen molar-refractivity contribution in [3.63, 3.8) is 0 Å². The molecule has 1 aromatic heterocycles. The van der Waals surface area contributed by atoms with Crippen LogP contribution < -0.4 is 10.1 Å².